The smallest absolute Gasteiger partial charge is 0.225 e. The van der Waals surface area contributed by atoms with Gasteiger partial charge in [-0.25, -0.2) is 0 Å². The molecule has 0 radical (unpaired) electrons. The SMILES string of the molecule is CC(C)(C)C(=O)NCc1ccc(C(=O)COc2ccccc2Br)s1. The maximum atomic E-state index is 12.2. The predicted molar refractivity (Wildman–Crippen MR) is 99.6 cm³/mol. The van der Waals surface area contributed by atoms with Crippen LogP contribution in [0.25, 0.3) is 0 Å². The van der Waals surface area contributed by atoms with Gasteiger partial charge in [-0.15, -0.1) is 11.3 Å². The number of benzene rings is 1. The molecule has 2 rings (SSSR count). The minimum Gasteiger partial charge on any atom is -0.484 e. The molecular formula is C18H20BrNO3S. The summed E-state index contributed by atoms with van der Waals surface area (Å²) < 4.78 is 6.36. The molecule has 0 atom stereocenters. The Morgan fingerprint density at radius 1 is 1.17 bits per heavy atom. The topological polar surface area (TPSA) is 55.4 Å². The van der Waals surface area contributed by atoms with Crippen molar-refractivity contribution in [2.45, 2.75) is 27.3 Å². The van der Waals surface area contributed by atoms with Gasteiger partial charge in [0.25, 0.3) is 0 Å². The first kappa shape index (κ1) is 18.7. The van der Waals surface area contributed by atoms with E-state index >= 15 is 0 Å². The van der Waals surface area contributed by atoms with Gasteiger partial charge in [0.05, 0.1) is 15.9 Å². The lowest BCUT2D eigenvalue weighted by Crippen LogP contribution is -2.34. The lowest BCUT2D eigenvalue weighted by atomic mass is 9.96. The number of Topliss-reactive ketones (excluding diaryl/α,β-unsaturated/α-hetero) is 1. The molecule has 128 valence electrons. The molecule has 0 fully saturated rings. The number of halogens is 1. The van der Waals surface area contributed by atoms with E-state index in [-0.39, 0.29) is 18.3 Å². The number of amides is 1. The minimum atomic E-state index is -0.424. The van der Waals surface area contributed by atoms with Crippen molar-refractivity contribution in [2.75, 3.05) is 6.61 Å². The normalized spacial score (nSPS) is 11.2. The highest BCUT2D eigenvalue weighted by Crippen LogP contribution is 2.24. The molecule has 1 aromatic carbocycles. The number of carbonyl (C=O) groups is 2. The van der Waals surface area contributed by atoms with Crippen LogP contribution in [0, 0.1) is 5.41 Å². The van der Waals surface area contributed by atoms with E-state index in [2.05, 4.69) is 21.2 Å². The van der Waals surface area contributed by atoms with Crippen molar-refractivity contribution in [1.29, 1.82) is 0 Å². The second-order valence-electron chi connectivity index (χ2n) is 6.34. The summed E-state index contributed by atoms with van der Waals surface area (Å²) in [6.45, 7) is 6.01. The highest BCUT2D eigenvalue weighted by molar-refractivity contribution is 9.10. The molecule has 1 amide bonds. The Hall–Kier alpha value is -1.66. The molecule has 0 unspecified atom stereocenters. The van der Waals surface area contributed by atoms with Crippen LogP contribution in [0.15, 0.2) is 40.9 Å². The number of ketones is 1. The van der Waals surface area contributed by atoms with Crippen molar-refractivity contribution in [1.82, 2.24) is 5.32 Å². The van der Waals surface area contributed by atoms with E-state index in [1.165, 1.54) is 11.3 Å². The highest BCUT2D eigenvalue weighted by atomic mass is 79.9. The molecule has 0 aliphatic heterocycles. The minimum absolute atomic E-state index is 0.0129. The second-order valence-corrected chi connectivity index (χ2v) is 8.36. The van der Waals surface area contributed by atoms with E-state index in [9.17, 15) is 9.59 Å². The number of thiophene rings is 1. The van der Waals surface area contributed by atoms with Gasteiger partial charge in [-0.05, 0) is 40.2 Å². The Morgan fingerprint density at radius 3 is 2.54 bits per heavy atom. The van der Waals surface area contributed by atoms with Gasteiger partial charge in [0.1, 0.15) is 5.75 Å². The molecule has 24 heavy (non-hydrogen) atoms. The quantitative estimate of drug-likeness (QED) is 0.717. The molecule has 6 heteroatoms. The van der Waals surface area contributed by atoms with Crippen molar-refractivity contribution >= 4 is 39.0 Å². The zero-order valence-electron chi connectivity index (χ0n) is 13.9. The standard InChI is InChI=1S/C18H20BrNO3S/c1-18(2,3)17(22)20-10-12-8-9-16(24-12)14(21)11-23-15-7-5-4-6-13(15)19/h4-9H,10-11H2,1-3H3,(H,20,22). The summed E-state index contributed by atoms with van der Waals surface area (Å²) in [4.78, 5) is 25.7. The summed E-state index contributed by atoms with van der Waals surface area (Å²) >= 11 is 4.76. The average Bonchev–Trinajstić information content (AvgIpc) is 2.99. The van der Waals surface area contributed by atoms with Crippen LogP contribution >= 0.6 is 27.3 Å². The van der Waals surface area contributed by atoms with Crippen LogP contribution in [-0.4, -0.2) is 18.3 Å². The maximum Gasteiger partial charge on any atom is 0.225 e. The highest BCUT2D eigenvalue weighted by Gasteiger charge is 2.21. The largest absolute Gasteiger partial charge is 0.484 e. The van der Waals surface area contributed by atoms with Crippen LogP contribution in [0.2, 0.25) is 0 Å². The van der Waals surface area contributed by atoms with Crippen LogP contribution in [0.3, 0.4) is 0 Å². The maximum absolute atomic E-state index is 12.2. The predicted octanol–water partition coefficient (Wildman–Crippen LogP) is 4.43. The van der Waals surface area contributed by atoms with Gasteiger partial charge in [-0.3, -0.25) is 9.59 Å². The molecule has 0 bridgehead atoms. The number of nitrogens with one attached hydrogen (secondary N) is 1. The van der Waals surface area contributed by atoms with Gasteiger partial charge in [-0.2, -0.15) is 0 Å². The summed E-state index contributed by atoms with van der Waals surface area (Å²) in [6.07, 6.45) is 0. The lowest BCUT2D eigenvalue weighted by Gasteiger charge is -2.17. The molecular weight excluding hydrogens is 390 g/mol. The zero-order valence-corrected chi connectivity index (χ0v) is 16.3. The molecule has 1 aromatic heterocycles. The van der Waals surface area contributed by atoms with Crippen molar-refractivity contribution in [3.8, 4) is 5.75 Å². The number of rotatable bonds is 6. The summed E-state index contributed by atoms with van der Waals surface area (Å²) in [6, 6.07) is 11.0. The summed E-state index contributed by atoms with van der Waals surface area (Å²) in [7, 11) is 0. The zero-order chi connectivity index (χ0) is 17.7. The van der Waals surface area contributed by atoms with Gasteiger partial charge in [0.2, 0.25) is 11.7 Å². The molecule has 1 heterocycles. The molecule has 0 aliphatic carbocycles. The van der Waals surface area contributed by atoms with E-state index in [4.69, 9.17) is 4.74 Å². The van der Waals surface area contributed by atoms with Crippen LogP contribution in [-0.2, 0) is 11.3 Å². The third-order valence-corrected chi connectivity index (χ3v) is 5.02. The first-order valence-electron chi connectivity index (χ1n) is 7.55. The monoisotopic (exact) mass is 409 g/mol. The third kappa shape index (κ3) is 5.18. The van der Waals surface area contributed by atoms with Crippen molar-refractivity contribution < 1.29 is 14.3 Å². The van der Waals surface area contributed by atoms with Crippen LogP contribution in [0.1, 0.15) is 35.3 Å². The third-order valence-electron chi connectivity index (χ3n) is 3.24. The van der Waals surface area contributed by atoms with Crippen molar-refractivity contribution in [2.24, 2.45) is 5.41 Å². The Morgan fingerprint density at radius 2 is 1.88 bits per heavy atom. The Kier molecular flexibility index (Phi) is 6.18. The summed E-state index contributed by atoms with van der Waals surface area (Å²) in [5.74, 6) is 0.547. The number of para-hydroxylation sites is 1. The van der Waals surface area contributed by atoms with E-state index < -0.39 is 5.41 Å². The summed E-state index contributed by atoms with van der Waals surface area (Å²) in [5, 5.41) is 2.88. The summed E-state index contributed by atoms with van der Waals surface area (Å²) in [5.41, 5.74) is -0.424. The molecule has 1 N–H and O–H groups in total. The van der Waals surface area contributed by atoms with E-state index in [1.807, 2.05) is 45.0 Å². The Labute approximate surface area is 154 Å². The van der Waals surface area contributed by atoms with Gasteiger partial charge in [0.15, 0.2) is 6.61 Å². The van der Waals surface area contributed by atoms with Gasteiger partial charge in [0, 0.05) is 10.3 Å². The fraction of sp³-hybridized carbons (Fsp3) is 0.333. The van der Waals surface area contributed by atoms with E-state index in [0.717, 1.165) is 9.35 Å². The first-order valence-corrected chi connectivity index (χ1v) is 9.16. The van der Waals surface area contributed by atoms with Crippen LogP contribution < -0.4 is 10.1 Å². The fourth-order valence-electron chi connectivity index (χ4n) is 1.83. The molecule has 2 aromatic rings. The molecule has 4 nitrogen and oxygen atoms in total. The van der Waals surface area contributed by atoms with Gasteiger partial charge in [-0.1, -0.05) is 32.9 Å². The fourth-order valence-corrected chi connectivity index (χ4v) is 3.10. The van der Waals surface area contributed by atoms with Crippen molar-refractivity contribution in [3.63, 3.8) is 0 Å². The number of hydrogen-bond donors (Lipinski definition) is 1. The molecule has 0 aliphatic rings. The molecule has 0 saturated heterocycles. The van der Waals surface area contributed by atoms with Crippen molar-refractivity contribution in [3.05, 3.63) is 50.6 Å². The van der Waals surface area contributed by atoms with Crippen LogP contribution in [0.5, 0.6) is 5.75 Å². The Balaban J connectivity index is 1.89. The second kappa shape index (κ2) is 7.94. The van der Waals surface area contributed by atoms with E-state index in [1.54, 1.807) is 12.1 Å². The van der Waals surface area contributed by atoms with Gasteiger partial charge < -0.3 is 10.1 Å². The number of carbonyl (C=O) groups excluding carboxylic acids is 2. The van der Waals surface area contributed by atoms with E-state index in [0.29, 0.717) is 17.2 Å². The molecule has 0 spiro atoms. The number of hydrogen-bond acceptors (Lipinski definition) is 4. The van der Waals surface area contributed by atoms with Crippen LogP contribution in [0.4, 0.5) is 0 Å². The van der Waals surface area contributed by atoms with Gasteiger partial charge >= 0.3 is 0 Å². The number of ether oxygens (including phenoxy) is 1. The average molecular weight is 410 g/mol. The first-order chi connectivity index (χ1) is 11.3. The molecule has 0 saturated carbocycles. The lowest BCUT2D eigenvalue weighted by molar-refractivity contribution is -0.128. The Bertz CT molecular complexity index is 734.